The highest BCUT2D eigenvalue weighted by molar-refractivity contribution is 6.07. The summed E-state index contributed by atoms with van der Waals surface area (Å²) in [5.74, 6) is -1.21. The summed E-state index contributed by atoms with van der Waals surface area (Å²) in [6.07, 6.45) is 0.708. The highest BCUT2D eigenvalue weighted by Crippen LogP contribution is 2.15. The molecule has 104 valence electrons. The Hall–Kier alpha value is -2.08. The predicted molar refractivity (Wildman–Crippen MR) is 72.1 cm³/mol. The third-order valence-corrected chi connectivity index (χ3v) is 2.63. The van der Waals surface area contributed by atoms with Gasteiger partial charge in [0.2, 0.25) is 5.91 Å². The monoisotopic (exact) mass is 265 g/mol. The Labute approximate surface area is 112 Å². The molecule has 6 heteroatoms. The number of amidine groups is 1. The Morgan fingerprint density at radius 2 is 2.16 bits per heavy atom. The highest BCUT2D eigenvalue weighted by Gasteiger charge is 2.24. The SMILES string of the molecule is COCCCNC(=O)C(C(N)=NO)c1ccccc1. The molecule has 1 amide bonds. The van der Waals surface area contributed by atoms with Gasteiger partial charge in [-0.2, -0.15) is 0 Å². The number of oxime groups is 1. The van der Waals surface area contributed by atoms with Crippen molar-refractivity contribution in [1.82, 2.24) is 5.32 Å². The van der Waals surface area contributed by atoms with Gasteiger partial charge in [-0.05, 0) is 12.0 Å². The Bertz CT molecular complexity index is 420. The fourth-order valence-electron chi connectivity index (χ4n) is 1.69. The number of hydrogen-bond acceptors (Lipinski definition) is 4. The summed E-state index contributed by atoms with van der Waals surface area (Å²) in [7, 11) is 1.60. The average molecular weight is 265 g/mol. The number of benzene rings is 1. The van der Waals surface area contributed by atoms with Crippen LogP contribution in [0.4, 0.5) is 0 Å². The zero-order valence-corrected chi connectivity index (χ0v) is 10.9. The molecule has 0 aliphatic rings. The number of carbonyl (C=O) groups excluding carboxylic acids is 1. The van der Waals surface area contributed by atoms with E-state index in [0.717, 1.165) is 0 Å². The summed E-state index contributed by atoms with van der Waals surface area (Å²) in [5, 5.41) is 14.5. The molecule has 19 heavy (non-hydrogen) atoms. The summed E-state index contributed by atoms with van der Waals surface area (Å²) >= 11 is 0. The van der Waals surface area contributed by atoms with Crippen LogP contribution in [0.1, 0.15) is 17.9 Å². The Balaban J connectivity index is 2.73. The Morgan fingerprint density at radius 1 is 1.47 bits per heavy atom. The van der Waals surface area contributed by atoms with Crippen LogP contribution in [0.3, 0.4) is 0 Å². The molecule has 0 bridgehead atoms. The Morgan fingerprint density at radius 3 is 2.74 bits per heavy atom. The maximum atomic E-state index is 12.1. The maximum Gasteiger partial charge on any atom is 0.235 e. The molecule has 0 aliphatic carbocycles. The van der Waals surface area contributed by atoms with Crippen molar-refractivity contribution in [3.05, 3.63) is 35.9 Å². The normalized spacial score (nSPS) is 13.0. The predicted octanol–water partition coefficient (Wildman–Crippen LogP) is 0.669. The van der Waals surface area contributed by atoms with Crippen molar-refractivity contribution in [1.29, 1.82) is 0 Å². The highest BCUT2D eigenvalue weighted by atomic mass is 16.5. The number of amides is 1. The van der Waals surface area contributed by atoms with Gasteiger partial charge in [-0.3, -0.25) is 4.79 Å². The van der Waals surface area contributed by atoms with Crippen LogP contribution in [0.2, 0.25) is 0 Å². The molecule has 0 aliphatic heterocycles. The van der Waals surface area contributed by atoms with Crippen LogP contribution in [-0.2, 0) is 9.53 Å². The number of nitrogens with one attached hydrogen (secondary N) is 1. The smallest absolute Gasteiger partial charge is 0.235 e. The third-order valence-electron chi connectivity index (χ3n) is 2.63. The second-order valence-corrected chi connectivity index (χ2v) is 4.01. The molecular formula is C13H19N3O3. The molecule has 1 rings (SSSR count). The number of nitrogens with zero attached hydrogens (tertiary/aromatic N) is 1. The van der Waals surface area contributed by atoms with E-state index in [1.807, 2.05) is 6.07 Å². The van der Waals surface area contributed by atoms with E-state index in [9.17, 15) is 4.79 Å². The quantitative estimate of drug-likeness (QED) is 0.222. The van der Waals surface area contributed by atoms with Crippen LogP contribution in [0.15, 0.2) is 35.5 Å². The largest absolute Gasteiger partial charge is 0.409 e. The van der Waals surface area contributed by atoms with Crippen LogP contribution < -0.4 is 11.1 Å². The Kier molecular flexibility index (Phi) is 6.38. The van der Waals surface area contributed by atoms with E-state index in [0.29, 0.717) is 25.1 Å². The van der Waals surface area contributed by atoms with Gasteiger partial charge in [0.25, 0.3) is 0 Å². The molecule has 6 nitrogen and oxygen atoms in total. The summed E-state index contributed by atoms with van der Waals surface area (Å²) in [4.78, 5) is 12.1. The fourth-order valence-corrected chi connectivity index (χ4v) is 1.69. The first-order valence-electron chi connectivity index (χ1n) is 5.99. The minimum atomic E-state index is -0.784. The minimum Gasteiger partial charge on any atom is -0.409 e. The molecule has 1 unspecified atom stereocenters. The molecular weight excluding hydrogens is 246 g/mol. The minimum absolute atomic E-state index is 0.129. The number of carbonyl (C=O) groups is 1. The first-order chi connectivity index (χ1) is 9.20. The number of nitrogens with two attached hydrogens (primary N) is 1. The molecule has 0 heterocycles. The zero-order valence-electron chi connectivity index (χ0n) is 10.9. The first kappa shape index (κ1) is 15.0. The molecule has 1 aromatic carbocycles. The van der Waals surface area contributed by atoms with E-state index >= 15 is 0 Å². The van der Waals surface area contributed by atoms with Crippen molar-refractivity contribution in [2.45, 2.75) is 12.3 Å². The van der Waals surface area contributed by atoms with Gasteiger partial charge in [0, 0.05) is 20.3 Å². The van der Waals surface area contributed by atoms with Crippen LogP contribution in [-0.4, -0.2) is 37.2 Å². The lowest BCUT2D eigenvalue weighted by Gasteiger charge is -2.15. The van der Waals surface area contributed by atoms with Gasteiger partial charge in [-0.1, -0.05) is 35.5 Å². The molecule has 1 atom stereocenters. The van der Waals surface area contributed by atoms with Crippen molar-refractivity contribution >= 4 is 11.7 Å². The van der Waals surface area contributed by atoms with Crippen molar-refractivity contribution in [3.63, 3.8) is 0 Å². The third kappa shape index (κ3) is 4.59. The van der Waals surface area contributed by atoms with E-state index in [1.165, 1.54) is 0 Å². The van der Waals surface area contributed by atoms with E-state index in [1.54, 1.807) is 31.4 Å². The molecule has 0 saturated carbocycles. The lowest BCUT2D eigenvalue weighted by molar-refractivity contribution is -0.121. The molecule has 0 aromatic heterocycles. The molecule has 0 saturated heterocycles. The number of methoxy groups -OCH3 is 1. The maximum absolute atomic E-state index is 12.1. The lowest BCUT2D eigenvalue weighted by atomic mass is 9.97. The summed E-state index contributed by atoms with van der Waals surface area (Å²) in [6, 6.07) is 8.95. The molecule has 4 N–H and O–H groups in total. The number of hydrogen-bond donors (Lipinski definition) is 3. The topological polar surface area (TPSA) is 96.9 Å². The lowest BCUT2D eigenvalue weighted by Crippen LogP contribution is -2.37. The van der Waals surface area contributed by atoms with Crippen molar-refractivity contribution in [2.75, 3.05) is 20.3 Å². The molecule has 0 radical (unpaired) electrons. The first-order valence-corrected chi connectivity index (χ1v) is 5.99. The summed E-state index contributed by atoms with van der Waals surface area (Å²) in [6.45, 7) is 1.05. The van der Waals surface area contributed by atoms with E-state index < -0.39 is 5.92 Å². The van der Waals surface area contributed by atoms with Crippen LogP contribution >= 0.6 is 0 Å². The standard InChI is InChI=1S/C13H19N3O3/c1-19-9-5-8-15-13(17)11(12(14)16-18)10-6-3-2-4-7-10/h2-4,6-7,11,18H,5,8-9H2,1H3,(H2,14,16)(H,15,17). The average Bonchev–Trinajstić information content (AvgIpc) is 2.45. The van der Waals surface area contributed by atoms with Crippen LogP contribution in [0.5, 0.6) is 0 Å². The van der Waals surface area contributed by atoms with Gasteiger partial charge < -0.3 is 21.0 Å². The summed E-state index contributed by atoms with van der Waals surface area (Å²) in [5.41, 5.74) is 6.28. The van der Waals surface area contributed by atoms with Crippen LogP contribution in [0.25, 0.3) is 0 Å². The number of rotatable bonds is 7. The van der Waals surface area contributed by atoms with Crippen molar-refractivity contribution in [3.8, 4) is 0 Å². The van der Waals surface area contributed by atoms with Crippen LogP contribution in [0, 0.1) is 0 Å². The molecule has 1 aromatic rings. The van der Waals surface area contributed by atoms with Gasteiger partial charge >= 0.3 is 0 Å². The fraction of sp³-hybridized carbons (Fsp3) is 0.385. The molecule has 0 fully saturated rings. The van der Waals surface area contributed by atoms with Crippen molar-refractivity contribution < 1.29 is 14.7 Å². The van der Waals surface area contributed by atoms with E-state index in [2.05, 4.69) is 10.5 Å². The van der Waals surface area contributed by atoms with Gasteiger partial charge in [-0.25, -0.2) is 0 Å². The van der Waals surface area contributed by atoms with Gasteiger partial charge in [0.15, 0.2) is 5.84 Å². The number of ether oxygens (including phenoxy) is 1. The second-order valence-electron chi connectivity index (χ2n) is 4.01. The van der Waals surface area contributed by atoms with E-state index in [4.69, 9.17) is 15.7 Å². The molecule has 0 spiro atoms. The van der Waals surface area contributed by atoms with Gasteiger partial charge in [-0.15, -0.1) is 0 Å². The summed E-state index contributed by atoms with van der Waals surface area (Å²) < 4.78 is 4.90. The van der Waals surface area contributed by atoms with Crippen molar-refractivity contribution in [2.24, 2.45) is 10.9 Å². The van der Waals surface area contributed by atoms with Gasteiger partial charge in [0.05, 0.1) is 0 Å². The van der Waals surface area contributed by atoms with E-state index in [-0.39, 0.29) is 11.7 Å². The van der Waals surface area contributed by atoms with Gasteiger partial charge in [0.1, 0.15) is 5.92 Å². The second kappa shape index (κ2) is 8.10. The zero-order chi connectivity index (χ0) is 14.1.